The van der Waals surface area contributed by atoms with Crippen LogP contribution in [-0.2, 0) is 0 Å². The number of ether oxygens (including phenoxy) is 1. The highest BCUT2D eigenvalue weighted by Gasteiger charge is 2.12. The van der Waals surface area contributed by atoms with Gasteiger partial charge in [-0.3, -0.25) is 0 Å². The van der Waals surface area contributed by atoms with E-state index in [4.69, 9.17) is 9.15 Å². The van der Waals surface area contributed by atoms with E-state index in [-0.39, 0.29) is 12.2 Å². The van der Waals surface area contributed by atoms with Crippen molar-refractivity contribution in [3.8, 4) is 5.75 Å². The number of aliphatic hydroxyl groups is 1. The summed E-state index contributed by atoms with van der Waals surface area (Å²) in [5.41, 5.74) is 1.83. The van der Waals surface area contributed by atoms with Gasteiger partial charge in [-0.1, -0.05) is 13.8 Å². The lowest BCUT2D eigenvalue weighted by Crippen LogP contribution is -2.32. The molecule has 1 aromatic heterocycles. The maximum absolute atomic E-state index is 11.6. The molecule has 0 bridgehead atoms. The van der Waals surface area contributed by atoms with Crippen LogP contribution in [0.4, 0.5) is 0 Å². The smallest absolute Gasteiger partial charge is 0.336 e. The number of fused-ring (bicyclic) bond motifs is 1. The summed E-state index contributed by atoms with van der Waals surface area (Å²) in [5.74, 6) is 1.27. The third-order valence-corrected chi connectivity index (χ3v) is 4.03. The van der Waals surface area contributed by atoms with Crippen LogP contribution in [0, 0.1) is 19.8 Å². The summed E-state index contributed by atoms with van der Waals surface area (Å²) in [6.07, 6.45) is 0.493. The van der Waals surface area contributed by atoms with Gasteiger partial charge < -0.3 is 19.6 Å². The van der Waals surface area contributed by atoms with E-state index in [0.29, 0.717) is 23.8 Å². The van der Waals surface area contributed by atoms with Gasteiger partial charge in [0.05, 0.1) is 0 Å². The van der Waals surface area contributed by atoms with Crippen LogP contribution < -0.4 is 15.7 Å². The molecule has 5 heteroatoms. The minimum Gasteiger partial charge on any atom is -0.490 e. The molecule has 0 amide bonds. The van der Waals surface area contributed by atoms with Gasteiger partial charge in [-0.15, -0.1) is 0 Å². The third kappa shape index (κ3) is 4.82. The first-order chi connectivity index (χ1) is 11.4. The predicted molar refractivity (Wildman–Crippen MR) is 95.8 cm³/mol. The van der Waals surface area contributed by atoms with Crippen LogP contribution in [0.5, 0.6) is 5.75 Å². The van der Waals surface area contributed by atoms with E-state index >= 15 is 0 Å². The summed E-state index contributed by atoms with van der Waals surface area (Å²) < 4.78 is 11.0. The van der Waals surface area contributed by atoms with Crippen molar-refractivity contribution in [2.45, 2.75) is 40.2 Å². The van der Waals surface area contributed by atoms with Gasteiger partial charge in [-0.2, -0.15) is 0 Å². The highest BCUT2D eigenvalue weighted by Crippen LogP contribution is 2.28. The second-order valence-electron chi connectivity index (χ2n) is 6.67. The second kappa shape index (κ2) is 8.31. The number of hydrogen-bond donors (Lipinski definition) is 2. The number of benzene rings is 1. The minimum atomic E-state index is -0.586. The average molecular weight is 333 g/mol. The van der Waals surface area contributed by atoms with Crippen molar-refractivity contribution >= 4 is 11.0 Å². The van der Waals surface area contributed by atoms with Gasteiger partial charge in [-0.05, 0) is 50.4 Å². The van der Waals surface area contributed by atoms with Crippen molar-refractivity contribution in [1.29, 1.82) is 0 Å². The Bertz CT molecular complexity index is 736. The molecule has 0 fully saturated rings. The molecule has 1 aromatic carbocycles. The van der Waals surface area contributed by atoms with E-state index in [0.717, 1.165) is 29.5 Å². The van der Waals surface area contributed by atoms with Crippen LogP contribution in [0.15, 0.2) is 27.4 Å². The molecule has 2 aromatic rings. The summed E-state index contributed by atoms with van der Waals surface area (Å²) in [7, 11) is 0. The lowest BCUT2D eigenvalue weighted by atomic mass is 10.1. The first-order valence-corrected chi connectivity index (χ1v) is 8.44. The summed E-state index contributed by atoms with van der Waals surface area (Å²) >= 11 is 0. The van der Waals surface area contributed by atoms with Gasteiger partial charge in [0.25, 0.3) is 0 Å². The van der Waals surface area contributed by atoms with Crippen LogP contribution >= 0.6 is 0 Å². The Balaban J connectivity index is 1.98. The molecule has 0 saturated heterocycles. The topological polar surface area (TPSA) is 71.7 Å². The summed E-state index contributed by atoms with van der Waals surface area (Å²) in [6, 6.07) is 5.21. The van der Waals surface area contributed by atoms with Crippen molar-refractivity contribution in [2.75, 3.05) is 19.7 Å². The van der Waals surface area contributed by atoms with Gasteiger partial charge in [0.2, 0.25) is 0 Å². The Labute approximate surface area is 142 Å². The molecular formula is C19H27NO4. The zero-order valence-corrected chi connectivity index (χ0v) is 14.9. The molecule has 0 aliphatic carbocycles. The molecule has 24 heavy (non-hydrogen) atoms. The number of hydrogen-bond acceptors (Lipinski definition) is 5. The van der Waals surface area contributed by atoms with Crippen LogP contribution in [0.3, 0.4) is 0 Å². The van der Waals surface area contributed by atoms with Gasteiger partial charge >= 0.3 is 5.63 Å². The molecule has 0 saturated carbocycles. The molecule has 1 heterocycles. The largest absolute Gasteiger partial charge is 0.490 e. The first kappa shape index (κ1) is 18.5. The van der Waals surface area contributed by atoms with Crippen molar-refractivity contribution in [3.05, 3.63) is 39.7 Å². The third-order valence-electron chi connectivity index (χ3n) is 4.03. The molecule has 0 unspecified atom stereocenters. The Kier molecular flexibility index (Phi) is 6.40. The molecule has 132 valence electrons. The van der Waals surface area contributed by atoms with Crippen molar-refractivity contribution in [3.63, 3.8) is 0 Å². The molecule has 0 aliphatic heterocycles. The maximum Gasteiger partial charge on any atom is 0.336 e. The standard InChI is InChI=1S/C19H27NO4/c1-12(2)7-8-20-10-15(21)11-23-17-6-5-16-13(3)9-18(22)24-19(16)14(17)4/h5-6,9,12,15,20-21H,7-8,10-11H2,1-4H3/t15-/m1/s1. The predicted octanol–water partition coefficient (Wildman–Crippen LogP) is 2.79. The van der Waals surface area contributed by atoms with E-state index in [2.05, 4.69) is 19.2 Å². The van der Waals surface area contributed by atoms with E-state index in [1.165, 1.54) is 6.07 Å². The molecule has 2 N–H and O–H groups in total. The fraction of sp³-hybridized carbons (Fsp3) is 0.526. The SMILES string of the molecule is Cc1cc(=O)oc2c(C)c(OC[C@H](O)CNCCC(C)C)ccc12. The van der Waals surface area contributed by atoms with E-state index in [1.807, 2.05) is 26.0 Å². The lowest BCUT2D eigenvalue weighted by Gasteiger charge is -2.15. The molecule has 0 radical (unpaired) electrons. The molecular weight excluding hydrogens is 306 g/mol. The van der Waals surface area contributed by atoms with Crippen molar-refractivity contribution in [1.82, 2.24) is 5.32 Å². The quantitative estimate of drug-likeness (QED) is 0.574. The number of rotatable bonds is 8. The number of aryl methyl sites for hydroxylation is 2. The zero-order valence-electron chi connectivity index (χ0n) is 14.9. The van der Waals surface area contributed by atoms with E-state index in [1.54, 1.807) is 0 Å². The van der Waals surface area contributed by atoms with E-state index < -0.39 is 6.10 Å². The number of nitrogens with one attached hydrogen (secondary N) is 1. The molecule has 0 aliphatic rings. The Morgan fingerprint density at radius 2 is 2.04 bits per heavy atom. The van der Waals surface area contributed by atoms with Crippen LogP contribution in [0.2, 0.25) is 0 Å². The fourth-order valence-electron chi connectivity index (χ4n) is 2.56. The Hall–Kier alpha value is -1.85. The second-order valence-corrected chi connectivity index (χ2v) is 6.67. The summed E-state index contributed by atoms with van der Waals surface area (Å²) in [4.78, 5) is 11.6. The first-order valence-electron chi connectivity index (χ1n) is 8.44. The van der Waals surface area contributed by atoms with Gasteiger partial charge in [0, 0.05) is 23.6 Å². The zero-order chi connectivity index (χ0) is 17.7. The molecule has 0 spiro atoms. The molecule has 1 atom stereocenters. The summed E-state index contributed by atoms with van der Waals surface area (Å²) in [5, 5.41) is 14.1. The van der Waals surface area contributed by atoms with Gasteiger partial charge in [-0.25, -0.2) is 4.79 Å². The normalized spacial score (nSPS) is 12.8. The highest BCUT2D eigenvalue weighted by atomic mass is 16.5. The summed E-state index contributed by atoms with van der Waals surface area (Å²) in [6.45, 7) is 9.64. The molecule has 5 nitrogen and oxygen atoms in total. The van der Waals surface area contributed by atoms with Gasteiger partial charge in [0.1, 0.15) is 24.0 Å². The van der Waals surface area contributed by atoms with Crippen LogP contribution in [0.25, 0.3) is 11.0 Å². The Morgan fingerprint density at radius 3 is 2.75 bits per heavy atom. The Morgan fingerprint density at radius 1 is 1.29 bits per heavy atom. The minimum absolute atomic E-state index is 0.192. The van der Waals surface area contributed by atoms with Gasteiger partial charge in [0.15, 0.2) is 0 Å². The van der Waals surface area contributed by atoms with Crippen LogP contribution in [-0.4, -0.2) is 30.9 Å². The van der Waals surface area contributed by atoms with Crippen molar-refractivity contribution < 1.29 is 14.3 Å². The van der Waals surface area contributed by atoms with E-state index in [9.17, 15) is 9.90 Å². The van der Waals surface area contributed by atoms with Crippen molar-refractivity contribution in [2.24, 2.45) is 5.92 Å². The monoisotopic (exact) mass is 333 g/mol. The number of aliphatic hydroxyl groups excluding tert-OH is 1. The average Bonchev–Trinajstić information content (AvgIpc) is 2.51. The lowest BCUT2D eigenvalue weighted by molar-refractivity contribution is 0.106. The highest BCUT2D eigenvalue weighted by molar-refractivity contribution is 5.84. The van der Waals surface area contributed by atoms with Crippen LogP contribution in [0.1, 0.15) is 31.4 Å². The fourth-order valence-corrected chi connectivity index (χ4v) is 2.56. The molecule has 2 rings (SSSR count). The maximum atomic E-state index is 11.6.